The molecule has 3 aromatic carbocycles. The number of halogens is 1. The summed E-state index contributed by atoms with van der Waals surface area (Å²) in [6, 6.07) is 20.7. The lowest BCUT2D eigenvalue weighted by Gasteiger charge is -2.30. The second-order valence-electron chi connectivity index (χ2n) is 8.17. The van der Waals surface area contributed by atoms with Gasteiger partial charge in [-0.3, -0.25) is 4.79 Å². The van der Waals surface area contributed by atoms with E-state index in [9.17, 15) is 13.2 Å². The van der Waals surface area contributed by atoms with E-state index in [1.165, 1.54) is 4.31 Å². The number of fused-ring (bicyclic) bond motifs is 1. The largest absolute Gasteiger partial charge is 0.491 e. The molecular weight excluding hydrogens is 460 g/mol. The van der Waals surface area contributed by atoms with Crippen molar-refractivity contribution in [2.24, 2.45) is 5.92 Å². The molecule has 0 saturated carbocycles. The Kier molecular flexibility index (Phi) is 7.53. The summed E-state index contributed by atoms with van der Waals surface area (Å²) in [6.45, 7) is 1.46. The minimum Gasteiger partial charge on any atom is -0.491 e. The fourth-order valence-corrected chi connectivity index (χ4v) is 5.77. The summed E-state index contributed by atoms with van der Waals surface area (Å²) in [7, 11) is -3.43. The summed E-state index contributed by atoms with van der Waals surface area (Å²) >= 11 is 5.87. The Morgan fingerprint density at radius 3 is 2.45 bits per heavy atom. The molecule has 3 aromatic rings. The third-order valence-electron chi connectivity index (χ3n) is 5.89. The van der Waals surface area contributed by atoms with Crippen molar-refractivity contribution < 1.29 is 17.9 Å². The van der Waals surface area contributed by atoms with Crippen LogP contribution in [0.3, 0.4) is 0 Å². The molecule has 0 aromatic heterocycles. The van der Waals surface area contributed by atoms with Gasteiger partial charge in [-0.05, 0) is 42.0 Å². The van der Waals surface area contributed by atoms with Gasteiger partial charge < -0.3 is 10.1 Å². The summed E-state index contributed by atoms with van der Waals surface area (Å²) in [5.41, 5.74) is 0.700. The number of piperidine rings is 1. The van der Waals surface area contributed by atoms with Crippen molar-refractivity contribution in [1.82, 2.24) is 9.62 Å². The van der Waals surface area contributed by atoms with Crippen LogP contribution in [0.25, 0.3) is 10.8 Å². The highest BCUT2D eigenvalue weighted by atomic mass is 35.5. The zero-order valence-electron chi connectivity index (χ0n) is 18.2. The molecule has 0 atom stereocenters. The van der Waals surface area contributed by atoms with Crippen LogP contribution in [0.15, 0.2) is 66.7 Å². The molecule has 33 heavy (non-hydrogen) atoms. The van der Waals surface area contributed by atoms with Gasteiger partial charge in [0.15, 0.2) is 0 Å². The number of carbonyl (C=O) groups is 1. The van der Waals surface area contributed by atoms with Crippen LogP contribution in [0.4, 0.5) is 0 Å². The molecule has 0 aliphatic carbocycles. The van der Waals surface area contributed by atoms with E-state index in [4.69, 9.17) is 16.3 Å². The van der Waals surface area contributed by atoms with Crippen LogP contribution in [-0.2, 0) is 20.6 Å². The number of amides is 1. The van der Waals surface area contributed by atoms with Gasteiger partial charge in [0.1, 0.15) is 12.4 Å². The number of hydrogen-bond donors (Lipinski definition) is 1. The average molecular weight is 487 g/mol. The summed E-state index contributed by atoms with van der Waals surface area (Å²) in [5, 5.41) is 5.65. The molecule has 1 aliphatic rings. The highest BCUT2D eigenvalue weighted by Crippen LogP contribution is 2.25. The van der Waals surface area contributed by atoms with Crippen molar-refractivity contribution in [3.05, 3.63) is 77.3 Å². The number of benzene rings is 3. The van der Waals surface area contributed by atoms with Crippen molar-refractivity contribution in [2.75, 3.05) is 26.2 Å². The molecule has 0 radical (unpaired) electrons. The van der Waals surface area contributed by atoms with Crippen molar-refractivity contribution in [3.8, 4) is 5.75 Å². The SMILES string of the molecule is O=C(NCCOc1cccc2ccccc12)C1CCN(S(=O)(=O)Cc2ccc(Cl)cc2)CC1. The zero-order chi connectivity index (χ0) is 23.3. The second kappa shape index (κ2) is 10.5. The van der Waals surface area contributed by atoms with E-state index in [2.05, 4.69) is 5.32 Å². The number of nitrogens with zero attached hydrogens (tertiary/aromatic N) is 1. The van der Waals surface area contributed by atoms with Crippen LogP contribution in [0, 0.1) is 5.92 Å². The van der Waals surface area contributed by atoms with E-state index >= 15 is 0 Å². The van der Waals surface area contributed by atoms with Gasteiger partial charge in [0.2, 0.25) is 15.9 Å². The van der Waals surface area contributed by atoms with Gasteiger partial charge in [0.05, 0.1) is 12.3 Å². The van der Waals surface area contributed by atoms with Gasteiger partial charge in [-0.1, -0.05) is 60.1 Å². The maximum absolute atomic E-state index is 12.7. The number of carbonyl (C=O) groups excluding carboxylic acids is 1. The minimum absolute atomic E-state index is 0.0498. The lowest BCUT2D eigenvalue weighted by atomic mass is 9.97. The normalized spacial score (nSPS) is 15.4. The number of nitrogens with one attached hydrogen (secondary N) is 1. The molecule has 1 amide bonds. The number of rotatable bonds is 8. The molecule has 174 valence electrons. The highest BCUT2D eigenvalue weighted by Gasteiger charge is 2.31. The van der Waals surface area contributed by atoms with E-state index in [0.717, 1.165) is 16.5 Å². The molecular formula is C25H27ClN2O4S. The predicted molar refractivity (Wildman–Crippen MR) is 131 cm³/mol. The molecule has 1 N–H and O–H groups in total. The molecule has 1 fully saturated rings. The molecule has 4 rings (SSSR count). The lowest BCUT2D eigenvalue weighted by molar-refractivity contribution is -0.126. The first kappa shape index (κ1) is 23.5. The third kappa shape index (κ3) is 6.05. The monoisotopic (exact) mass is 486 g/mol. The van der Waals surface area contributed by atoms with E-state index in [0.29, 0.717) is 49.7 Å². The van der Waals surface area contributed by atoms with Gasteiger partial charge >= 0.3 is 0 Å². The smallest absolute Gasteiger partial charge is 0.223 e. The molecule has 0 bridgehead atoms. The molecule has 1 saturated heterocycles. The summed E-state index contributed by atoms with van der Waals surface area (Å²) in [5.74, 6) is 0.490. The molecule has 1 aliphatic heterocycles. The van der Waals surface area contributed by atoms with Crippen LogP contribution in [0.1, 0.15) is 18.4 Å². The minimum atomic E-state index is -3.43. The van der Waals surface area contributed by atoms with Crippen LogP contribution >= 0.6 is 11.6 Å². The van der Waals surface area contributed by atoms with Crippen molar-refractivity contribution >= 4 is 38.3 Å². The summed E-state index contributed by atoms with van der Waals surface area (Å²) < 4.78 is 32.8. The van der Waals surface area contributed by atoms with E-state index < -0.39 is 10.0 Å². The first-order valence-electron chi connectivity index (χ1n) is 11.0. The Morgan fingerprint density at radius 1 is 1.00 bits per heavy atom. The van der Waals surface area contributed by atoms with Crippen LogP contribution < -0.4 is 10.1 Å². The number of ether oxygens (including phenoxy) is 1. The first-order valence-corrected chi connectivity index (χ1v) is 13.0. The maximum atomic E-state index is 12.7. The zero-order valence-corrected chi connectivity index (χ0v) is 19.8. The number of sulfonamides is 1. The third-order valence-corrected chi connectivity index (χ3v) is 7.99. The van der Waals surface area contributed by atoms with Crippen molar-refractivity contribution in [2.45, 2.75) is 18.6 Å². The predicted octanol–water partition coefficient (Wildman–Crippen LogP) is 4.23. The second-order valence-corrected chi connectivity index (χ2v) is 10.6. The van der Waals surface area contributed by atoms with Crippen molar-refractivity contribution in [3.63, 3.8) is 0 Å². The Bertz CT molecular complexity index is 1200. The Hall–Kier alpha value is -2.61. The number of hydrogen-bond acceptors (Lipinski definition) is 4. The van der Waals surface area contributed by atoms with Gasteiger partial charge in [0.25, 0.3) is 0 Å². The first-order chi connectivity index (χ1) is 15.9. The van der Waals surface area contributed by atoms with Gasteiger partial charge in [-0.15, -0.1) is 0 Å². The quantitative estimate of drug-likeness (QED) is 0.483. The van der Waals surface area contributed by atoms with Crippen LogP contribution in [-0.4, -0.2) is 44.9 Å². The fourth-order valence-electron chi connectivity index (χ4n) is 4.08. The summed E-state index contributed by atoms with van der Waals surface area (Å²) in [4.78, 5) is 12.6. The highest BCUT2D eigenvalue weighted by molar-refractivity contribution is 7.88. The average Bonchev–Trinajstić information content (AvgIpc) is 2.83. The molecule has 6 nitrogen and oxygen atoms in total. The molecule has 0 spiro atoms. The van der Waals surface area contributed by atoms with Crippen LogP contribution in [0.2, 0.25) is 5.02 Å². The van der Waals surface area contributed by atoms with Gasteiger partial charge in [-0.2, -0.15) is 0 Å². The van der Waals surface area contributed by atoms with E-state index in [-0.39, 0.29) is 17.6 Å². The molecule has 1 heterocycles. The molecule has 0 unspecified atom stereocenters. The Balaban J connectivity index is 1.22. The van der Waals surface area contributed by atoms with E-state index in [1.54, 1.807) is 24.3 Å². The van der Waals surface area contributed by atoms with E-state index in [1.807, 2.05) is 42.5 Å². The molecule has 8 heteroatoms. The van der Waals surface area contributed by atoms with Crippen LogP contribution in [0.5, 0.6) is 5.75 Å². The standard InChI is InChI=1S/C25H27ClN2O4S/c26-22-10-8-19(9-11-22)18-33(30,31)28-15-12-21(13-16-28)25(29)27-14-17-32-24-7-3-5-20-4-1-2-6-23(20)24/h1-11,21H,12-18H2,(H,27,29). The Labute approximate surface area is 199 Å². The lowest BCUT2D eigenvalue weighted by Crippen LogP contribution is -2.43. The van der Waals surface area contributed by atoms with Gasteiger partial charge in [0, 0.05) is 29.4 Å². The maximum Gasteiger partial charge on any atom is 0.223 e. The van der Waals surface area contributed by atoms with Crippen molar-refractivity contribution in [1.29, 1.82) is 0 Å². The van der Waals surface area contributed by atoms with Gasteiger partial charge in [-0.25, -0.2) is 12.7 Å². The Morgan fingerprint density at radius 2 is 1.70 bits per heavy atom. The summed E-state index contributed by atoms with van der Waals surface area (Å²) in [6.07, 6.45) is 1.02. The fraction of sp³-hybridized carbons (Fsp3) is 0.320. The topological polar surface area (TPSA) is 75.7 Å².